The zero-order valence-electron chi connectivity index (χ0n) is 7.65. The van der Waals surface area contributed by atoms with Crippen molar-refractivity contribution >= 4 is 17.9 Å². The Morgan fingerprint density at radius 2 is 2.00 bits per heavy atom. The van der Waals surface area contributed by atoms with E-state index in [2.05, 4.69) is 11.3 Å². The van der Waals surface area contributed by atoms with Gasteiger partial charge in [0, 0.05) is 11.6 Å². The molecule has 0 aliphatic heterocycles. The average Bonchev–Trinajstić information content (AvgIpc) is 2.13. The quantitative estimate of drug-likeness (QED) is 0.407. The lowest BCUT2D eigenvalue weighted by Gasteiger charge is -2.01. The Labute approximate surface area is 80.7 Å². The van der Waals surface area contributed by atoms with Gasteiger partial charge >= 0.3 is 17.9 Å². The first kappa shape index (κ1) is 12.1. The summed E-state index contributed by atoms with van der Waals surface area (Å²) in [5.41, 5.74) is -0.0762. The van der Waals surface area contributed by atoms with E-state index in [4.69, 9.17) is 5.11 Å². The maximum Gasteiger partial charge on any atom is 0.342 e. The first-order valence-corrected chi connectivity index (χ1v) is 3.76. The summed E-state index contributed by atoms with van der Waals surface area (Å²) in [6.07, 6.45) is 1.64. The smallest absolute Gasteiger partial charge is 0.342 e. The molecule has 0 spiro atoms. The summed E-state index contributed by atoms with van der Waals surface area (Å²) in [6, 6.07) is 0. The molecule has 14 heavy (non-hydrogen) atoms. The Morgan fingerprint density at radius 3 is 2.36 bits per heavy atom. The molecule has 0 aromatic carbocycles. The van der Waals surface area contributed by atoms with Gasteiger partial charge in [-0.05, 0) is 6.92 Å². The van der Waals surface area contributed by atoms with Gasteiger partial charge in [0.15, 0.2) is 0 Å². The van der Waals surface area contributed by atoms with E-state index in [1.165, 1.54) is 13.0 Å². The maximum absolute atomic E-state index is 11.1. The fraction of sp³-hybridized carbons (Fsp3) is 0.222. The number of carboxylic acid groups (broad SMARTS) is 1. The van der Waals surface area contributed by atoms with Gasteiger partial charge < -0.3 is 9.84 Å². The Bertz CT molecular complexity index is 300. The van der Waals surface area contributed by atoms with Crippen molar-refractivity contribution in [2.45, 2.75) is 13.3 Å². The Morgan fingerprint density at radius 1 is 1.43 bits per heavy atom. The van der Waals surface area contributed by atoms with Gasteiger partial charge in [-0.1, -0.05) is 12.7 Å². The minimum atomic E-state index is -1.17. The van der Waals surface area contributed by atoms with Gasteiger partial charge in [0.05, 0.1) is 6.42 Å². The molecule has 0 unspecified atom stereocenters. The number of carbonyl (C=O) groups excluding carboxylic acids is 2. The van der Waals surface area contributed by atoms with Crippen molar-refractivity contribution in [2.75, 3.05) is 0 Å². The minimum Gasteiger partial charge on any atom is -0.481 e. The molecule has 0 fully saturated rings. The van der Waals surface area contributed by atoms with E-state index >= 15 is 0 Å². The summed E-state index contributed by atoms with van der Waals surface area (Å²) in [4.78, 5) is 31.9. The minimum absolute atomic E-state index is 0.0762. The number of esters is 2. The number of carbonyl (C=O) groups is 3. The van der Waals surface area contributed by atoms with Gasteiger partial charge in [-0.3, -0.25) is 4.79 Å². The molecule has 0 aromatic rings. The molecule has 0 aliphatic carbocycles. The molecule has 0 bridgehead atoms. The standard InChI is InChI=1S/C9H10O5/c1-3-6(5-7(10)11)9(13)14-8(12)4-2/h3-4H,2,5H2,1H3,(H,10,11). The van der Waals surface area contributed by atoms with Crippen LogP contribution in [-0.2, 0) is 19.1 Å². The highest BCUT2D eigenvalue weighted by atomic mass is 16.6. The summed E-state index contributed by atoms with van der Waals surface area (Å²) in [5, 5.41) is 8.40. The van der Waals surface area contributed by atoms with Crippen LogP contribution in [0.15, 0.2) is 24.3 Å². The summed E-state index contributed by atoms with van der Waals surface area (Å²) >= 11 is 0. The molecule has 0 amide bonds. The van der Waals surface area contributed by atoms with Crippen LogP contribution >= 0.6 is 0 Å². The van der Waals surface area contributed by atoms with Crippen LogP contribution in [0.1, 0.15) is 13.3 Å². The summed E-state index contributed by atoms with van der Waals surface area (Å²) in [7, 11) is 0. The Kier molecular flexibility index (Phi) is 4.91. The van der Waals surface area contributed by atoms with Gasteiger partial charge in [-0.2, -0.15) is 0 Å². The summed E-state index contributed by atoms with van der Waals surface area (Å²) in [6.45, 7) is 4.58. The normalized spacial score (nSPS) is 10.5. The molecule has 0 saturated carbocycles. The second-order valence-corrected chi connectivity index (χ2v) is 2.30. The summed E-state index contributed by atoms with van der Waals surface area (Å²) in [5.74, 6) is -3.03. The Balaban J connectivity index is 4.41. The molecule has 0 aromatic heterocycles. The van der Waals surface area contributed by atoms with Crippen LogP contribution in [0.3, 0.4) is 0 Å². The van der Waals surface area contributed by atoms with Gasteiger partial charge in [0.25, 0.3) is 0 Å². The fourth-order valence-electron chi connectivity index (χ4n) is 0.654. The van der Waals surface area contributed by atoms with Crippen molar-refractivity contribution in [3.05, 3.63) is 24.3 Å². The van der Waals surface area contributed by atoms with Crippen LogP contribution in [0, 0.1) is 0 Å². The molecule has 0 rings (SSSR count). The average molecular weight is 198 g/mol. The van der Waals surface area contributed by atoms with Crippen LogP contribution in [0.4, 0.5) is 0 Å². The molecule has 0 atom stereocenters. The highest BCUT2D eigenvalue weighted by molar-refractivity contribution is 6.01. The third-order valence-corrected chi connectivity index (χ3v) is 1.31. The SMILES string of the molecule is C=CC(=O)OC(=O)C(=CC)CC(=O)O. The lowest BCUT2D eigenvalue weighted by atomic mass is 10.2. The molecule has 0 saturated heterocycles. The Hall–Kier alpha value is -1.91. The lowest BCUT2D eigenvalue weighted by Crippen LogP contribution is -2.14. The molecule has 5 heteroatoms. The van der Waals surface area contributed by atoms with E-state index in [1.807, 2.05) is 0 Å². The maximum atomic E-state index is 11.1. The molecular formula is C9H10O5. The zero-order chi connectivity index (χ0) is 11.1. The zero-order valence-corrected chi connectivity index (χ0v) is 7.65. The van der Waals surface area contributed by atoms with Crippen molar-refractivity contribution in [3.63, 3.8) is 0 Å². The molecular weight excluding hydrogens is 188 g/mol. The number of hydrogen-bond donors (Lipinski definition) is 1. The van der Waals surface area contributed by atoms with Crippen molar-refractivity contribution < 1.29 is 24.2 Å². The molecule has 1 N–H and O–H groups in total. The largest absolute Gasteiger partial charge is 0.481 e. The molecule has 0 heterocycles. The van der Waals surface area contributed by atoms with Gasteiger partial charge in [0.2, 0.25) is 0 Å². The van der Waals surface area contributed by atoms with Gasteiger partial charge in [-0.15, -0.1) is 0 Å². The topological polar surface area (TPSA) is 80.7 Å². The van der Waals surface area contributed by atoms with Crippen LogP contribution < -0.4 is 0 Å². The van der Waals surface area contributed by atoms with Crippen LogP contribution in [-0.4, -0.2) is 23.0 Å². The summed E-state index contributed by atoms with van der Waals surface area (Å²) < 4.78 is 4.23. The van der Waals surface area contributed by atoms with Crippen molar-refractivity contribution in [2.24, 2.45) is 0 Å². The van der Waals surface area contributed by atoms with E-state index in [0.29, 0.717) is 0 Å². The van der Waals surface area contributed by atoms with Crippen LogP contribution in [0.25, 0.3) is 0 Å². The first-order chi connectivity index (χ1) is 6.51. The van der Waals surface area contributed by atoms with E-state index in [0.717, 1.165) is 6.08 Å². The third-order valence-electron chi connectivity index (χ3n) is 1.31. The predicted octanol–water partition coefficient (Wildman–Crippen LogP) is 0.663. The molecule has 0 aliphatic rings. The number of rotatable bonds is 4. The number of carboxylic acids is 1. The first-order valence-electron chi connectivity index (χ1n) is 3.76. The fourth-order valence-corrected chi connectivity index (χ4v) is 0.654. The van der Waals surface area contributed by atoms with Crippen LogP contribution in [0.2, 0.25) is 0 Å². The predicted molar refractivity (Wildman–Crippen MR) is 47.3 cm³/mol. The van der Waals surface area contributed by atoms with E-state index in [-0.39, 0.29) is 5.57 Å². The highest BCUT2D eigenvalue weighted by Crippen LogP contribution is 2.04. The lowest BCUT2D eigenvalue weighted by molar-refractivity contribution is -0.154. The number of allylic oxidation sites excluding steroid dienone is 1. The third kappa shape index (κ3) is 4.20. The molecule has 76 valence electrons. The highest BCUT2D eigenvalue weighted by Gasteiger charge is 2.15. The van der Waals surface area contributed by atoms with E-state index in [1.54, 1.807) is 0 Å². The van der Waals surface area contributed by atoms with E-state index < -0.39 is 24.3 Å². The molecule has 0 radical (unpaired) electrons. The number of hydrogen-bond acceptors (Lipinski definition) is 4. The van der Waals surface area contributed by atoms with Gasteiger partial charge in [-0.25, -0.2) is 9.59 Å². The number of ether oxygens (including phenoxy) is 1. The van der Waals surface area contributed by atoms with Crippen molar-refractivity contribution in [3.8, 4) is 0 Å². The monoisotopic (exact) mass is 198 g/mol. The van der Waals surface area contributed by atoms with Gasteiger partial charge in [0.1, 0.15) is 0 Å². The number of aliphatic carboxylic acids is 1. The van der Waals surface area contributed by atoms with E-state index in [9.17, 15) is 14.4 Å². The van der Waals surface area contributed by atoms with Crippen molar-refractivity contribution in [1.82, 2.24) is 0 Å². The molecule has 5 nitrogen and oxygen atoms in total. The van der Waals surface area contributed by atoms with Crippen LogP contribution in [0.5, 0.6) is 0 Å². The van der Waals surface area contributed by atoms with Crippen molar-refractivity contribution in [1.29, 1.82) is 0 Å². The second-order valence-electron chi connectivity index (χ2n) is 2.30. The second kappa shape index (κ2) is 5.69.